The first kappa shape index (κ1) is 14.0. The van der Waals surface area contributed by atoms with Gasteiger partial charge in [0.25, 0.3) is 0 Å². The molecule has 0 spiro atoms. The van der Waals surface area contributed by atoms with Crippen LogP contribution in [0.25, 0.3) is 0 Å². The van der Waals surface area contributed by atoms with Crippen LogP contribution < -0.4 is 0 Å². The van der Waals surface area contributed by atoms with E-state index < -0.39 is 5.97 Å². The first-order chi connectivity index (χ1) is 8.89. The molecular formula is C13H21N3O3. The van der Waals surface area contributed by atoms with Crippen molar-refractivity contribution in [2.24, 2.45) is 5.92 Å². The van der Waals surface area contributed by atoms with Crippen LogP contribution in [0.4, 0.5) is 0 Å². The van der Waals surface area contributed by atoms with Crippen molar-refractivity contribution in [1.29, 1.82) is 0 Å². The van der Waals surface area contributed by atoms with Gasteiger partial charge in [-0.3, -0.25) is 0 Å². The minimum atomic E-state index is -1.01. The standard InChI is InChI=1S/C13H21N3O3/c1-13(2,3)11-10(12(17)18)14-15-16(11)8-9-4-6-19-7-5-9/h9H,4-8H2,1-3H3,(H,17,18). The van der Waals surface area contributed by atoms with Crippen LogP contribution in [0, 0.1) is 5.92 Å². The maximum absolute atomic E-state index is 11.2. The first-order valence-electron chi connectivity index (χ1n) is 6.64. The molecule has 19 heavy (non-hydrogen) atoms. The molecule has 1 aromatic rings. The largest absolute Gasteiger partial charge is 0.476 e. The molecule has 1 fully saturated rings. The fourth-order valence-electron chi connectivity index (χ4n) is 2.50. The maximum atomic E-state index is 11.2. The van der Waals surface area contributed by atoms with Crippen molar-refractivity contribution in [3.8, 4) is 0 Å². The number of nitrogens with zero attached hydrogens (tertiary/aromatic N) is 3. The Kier molecular flexibility index (Phi) is 3.89. The molecule has 2 heterocycles. The van der Waals surface area contributed by atoms with Gasteiger partial charge in [-0.1, -0.05) is 26.0 Å². The van der Waals surface area contributed by atoms with Gasteiger partial charge >= 0.3 is 5.97 Å². The summed E-state index contributed by atoms with van der Waals surface area (Å²) in [6.07, 6.45) is 1.98. The van der Waals surface area contributed by atoms with Gasteiger partial charge in [0.15, 0.2) is 5.69 Å². The van der Waals surface area contributed by atoms with Gasteiger partial charge in [-0.15, -0.1) is 5.10 Å². The lowest BCUT2D eigenvalue weighted by Gasteiger charge is -2.25. The maximum Gasteiger partial charge on any atom is 0.358 e. The number of hydrogen-bond donors (Lipinski definition) is 1. The minimum absolute atomic E-state index is 0.0690. The van der Waals surface area contributed by atoms with Crippen LogP contribution in [0.15, 0.2) is 0 Å². The van der Waals surface area contributed by atoms with Crippen LogP contribution in [-0.2, 0) is 16.7 Å². The number of carbonyl (C=O) groups is 1. The van der Waals surface area contributed by atoms with Crippen molar-refractivity contribution < 1.29 is 14.6 Å². The van der Waals surface area contributed by atoms with E-state index in [4.69, 9.17) is 4.74 Å². The molecule has 6 nitrogen and oxygen atoms in total. The highest BCUT2D eigenvalue weighted by Crippen LogP contribution is 2.26. The summed E-state index contributed by atoms with van der Waals surface area (Å²) in [6.45, 7) is 8.22. The number of rotatable bonds is 3. The van der Waals surface area contributed by atoms with E-state index in [1.54, 1.807) is 4.68 Å². The highest BCUT2D eigenvalue weighted by molar-refractivity contribution is 5.86. The van der Waals surface area contributed by atoms with Gasteiger partial charge in [0.05, 0.1) is 5.69 Å². The van der Waals surface area contributed by atoms with E-state index in [0.717, 1.165) is 32.6 Å². The molecule has 0 saturated carbocycles. The Morgan fingerprint density at radius 1 is 1.42 bits per heavy atom. The molecule has 0 bridgehead atoms. The van der Waals surface area contributed by atoms with Gasteiger partial charge in [0, 0.05) is 25.2 Å². The monoisotopic (exact) mass is 267 g/mol. The fraction of sp³-hybridized carbons (Fsp3) is 0.769. The third-order valence-corrected chi connectivity index (χ3v) is 3.42. The van der Waals surface area contributed by atoms with Crippen molar-refractivity contribution in [3.63, 3.8) is 0 Å². The lowest BCUT2D eigenvalue weighted by atomic mass is 9.89. The third kappa shape index (κ3) is 3.12. The molecule has 1 aromatic heterocycles. The highest BCUT2D eigenvalue weighted by Gasteiger charge is 2.30. The molecule has 0 atom stereocenters. The summed E-state index contributed by atoms with van der Waals surface area (Å²) in [5, 5.41) is 17.1. The summed E-state index contributed by atoms with van der Waals surface area (Å²) in [5.74, 6) is -0.527. The molecule has 0 aliphatic carbocycles. The summed E-state index contributed by atoms with van der Waals surface area (Å²) in [5.41, 5.74) is 0.480. The van der Waals surface area contributed by atoms with Gasteiger partial charge in [0.2, 0.25) is 0 Å². The summed E-state index contributed by atoms with van der Waals surface area (Å²) < 4.78 is 7.10. The molecule has 0 aromatic carbocycles. The molecule has 106 valence electrons. The van der Waals surface area contributed by atoms with Crippen molar-refractivity contribution in [1.82, 2.24) is 15.0 Å². The van der Waals surface area contributed by atoms with Crippen LogP contribution in [0.2, 0.25) is 0 Å². The van der Waals surface area contributed by atoms with E-state index in [1.807, 2.05) is 20.8 Å². The second kappa shape index (κ2) is 5.28. The van der Waals surface area contributed by atoms with Crippen molar-refractivity contribution >= 4 is 5.97 Å². The Morgan fingerprint density at radius 3 is 2.58 bits per heavy atom. The second-order valence-corrected chi connectivity index (χ2v) is 6.08. The Labute approximate surface area is 112 Å². The quantitative estimate of drug-likeness (QED) is 0.902. The summed E-state index contributed by atoms with van der Waals surface area (Å²) >= 11 is 0. The SMILES string of the molecule is CC(C)(C)c1c(C(=O)O)nnn1CC1CCOCC1. The zero-order valence-electron chi connectivity index (χ0n) is 11.7. The zero-order chi connectivity index (χ0) is 14.0. The smallest absolute Gasteiger partial charge is 0.358 e. The predicted molar refractivity (Wildman–Crippen MR) is 69.2 cm³/mol. The normalized spacial score (nSPS) is 17.6. The van der Waals surface area contributed by atoms with E-state index in [2.05, 4.69) is 10.3 Å². The van der Waals surface area contributed by atoms with Gasteiger partial charge in [0.1, 0.15) is 0 Å². The van der Waals surface area contributed by atoms with Crippen LogP contribution in [0.3, 0.4) is 0 Å². The molecular weight excluding hydrogens is 246 g/mol. The van der Waals surface area contributed by atoms with E-state index in [1.165, 1.54) is 0 Å². The number of carboxylic acid groups (broad SMARTS) is 1. The van der Waals surface area contributed by atoms with Gasteiger partial charge in [-0.25, -0.2) is 9.48 Å². The predicted octanol–water partition coefficient (Wildman–Crippen LogP) is 1.70. The molecule has 0 radical (unpaired) electrons. The highest BCUT2D eigenvalue weighted by atomic mass is 16.5. The zero-order valence-corrected chi connectivity index (χ0v) is 11.7. The lowest BCUT2D eigenvalue weighted by Crippen LogP contribution is -2.26. The minimum Gasteiger partial charge on any atom is -0.476 e. The van der Waals surface area contributed by atoms with Gasteiger partial charge in [-0.2, -0.15) is 0 Å². The summed E-state index contributed by atoms with van der Waals surface area (Å²) in [6, 6.07) is 0. The molecule has 6 heteroatoms. The van der Waals surface area contributed by atoms with Crippen LogP contribution in [0.1, 0.15) is 49.8 Å². The van der Waals surface area contributed by atoms with Crippen molar-refractivity contribution in [2.75, 3.05) is 13.2 Å². The Bertz CT molecular complexity index is 456. The number of aromatic carboxylic acids is 1. The molecule has 1 N–H and O–H groups in total. The van der Waals surface area contributed by atoms with Crippen LogP contribution in [-0.4, -0.2) is 39.3 Å². The number of aromatic nitrogens is 3. The Hall–Kier alpha value is -1.43. The number of hydrogen-bond acceptors (Lipinski definition) is 4. The van der Waals surface area contributed by atoms with E-state index in [-0.39, 0.29) is 11.1 Å². The number of ether oxygens (including phenoxy) is 1. The first-order valence-corrected chi connectivity index (χ1v) is 6.64. The van der Waals surface area contributed by atoms with Crippen molar-refractivity contribution in [3.05, 3.63) is 11.4 Å². The molecule has 0 unspecified atom stereocenters. The third-order valence-electron chi connectivity index (χ3n) is 3.42. The Balaban J connectivity index is 2.27. The van der Waals surface area contributed by atoms with Gasteiger partial charge in [-0.05, 0) is 18.8 Å². The van der Waals surface area contributed by atoms with Crippen LogP contribution >= 0.6 is 0 Å². The summed E-state index contributed by atoms with van der Waals surface area (Å²) in [4.78, 5) is 11.2. The average molecular weight is 267 g/mol. The molecule has 1 aliphatic rings. The van der Waals surface area contributed by atoms with E-state index in [0.29, 0.717) is 11.6 Å². The topological polar surface area (TPSA) is 77.2 Å². The summed E-state index contributed by atoms with van der Waals surface area (Å²) in [7, 11) is 0. The average Bonchev–Trinajstić information content (AvgIpc) is 2.74. The van der Waals surface area contributed by atoms with E-state index in [9.17, 15) is 9.90 Å². The fourth-order valence-corrected chi connectivity index (χ4v) is 2.50. The molecule has 0 amide bonds. The molecule has 1 aliphatic heterocycles. The van der Waals surface area contributed by atoms with Crippen LogP contribution in [0.5, 0.6) is 0 Å². The van der Waals surface area contributed by atoms with Gasteiger partial charge < -0.3 is 9.84 Å². The van der Waals surface area contributed by atoms with E-state index >= 15 is 0 Å². The van der Waals surface area contributed by atoms with Crippen molar-refractivity contribution in [2.45, 2.75) is 45.6 Å². The number of carboxylic acids is 1. The molecule has 1 saturated heterocycles. The second-order valence-electron chi connectivity index (χ2n) is 6.08. The Morgan fingerprint density at radius 2 is 2.05 bits per heavy atom. The lowest BCUT2D eigenvalue weighted by molar-refractivity contribution is 0.0593. The molecule has 2 rings (SSSR count).